The Labute approximate surface area is 209 Å². The summed E-state index contributed by atoms with van der Waals surface area (Å²) in [5.74, 6) is 0. The van der Waals surface area contributed by atoms with E-state index in [-0.39, 0.29) is 27.2 Å². The summed E-state index contributed by atoms with van der Waals surface area (Å²) in [7, 11) is 0. The first-order valence-electron chi connectivity index (χ1n) is 11.6. The Kier molecular flexibility index (Phi) is 6.94. The van der Waals surface area contributed by atoms with Gasteiger partial charge in [-0.25, -0.2) is 0 Å². The zero-order valence-electron chi connectivity index (χ0n) is 20.3. The molecule has 1 aliphatic carbocycles. The maximum Gasteiger partial charge on any atom is 0.417 e. The van der Waals surface area contributed by atoms with Crippen LogP contribution in [0.25, 0.3) is 22.0 Å². The third-order valence-corrected chi connectivity index (χ3v) is 7.74. The van der Waals surface area contributed by atoms with Gasteiger partial charge in [0.2, 0.25) is 0 Å². The van der Waals surface area contributed by atoms with Crippen LogP contribution in [0.1, 0.15) is 56.3 Å². The van der Waals surface area contributed by atoms with Crippen LogP contribution >= 0.6 is 0 Å². The summed E-state index contributed by atoms with van der Waals surface area (Å²) in [4.78, 5) is 0. The molecule has 3 aromatic rings. The third kappa shape index (κ3) is 5.55. The first kappa shape index (κ1) is 26.9. The number of nitrogens with one attached hydrogen (secondary N) is 1. The average Bonchev–Trinajstić information content (AvgIpc) is 3.53. The Balaban J connectivity index is 1.94. The zero-order chi connectivity index (χ0) is 26.6. The molecule has 0 amide bonds. The second-order valence-corrected chi connectivity index (χ2v) is 12.0. The lowest BCUT2D eigenvalue weighted by Crippen LogP contribution is -2.39. The van der Waals surface area contributed by atoms with Crippen LogP contribution in [-0.2, 0) is 24.1 Å². The Morgan fingerprint density at radius 3 is 2.19 bits per heavy atom. The predicted octanol–water partition coefficient (Wildman–Crippen LogP) is 7.70. The maximum atomic E-state index is 14.2. The van der Waals surface area contributed by atoms with Crippen LogP contribution < -0.4 is 4.72 Å². The number of hydrogen-bond acceptors (Lipinski definition) is 2. The Morgan fingerprint density at radius 1 is 1.00 bits per heavy atom. The van der Waals surface area contributed by atoms with Crippen molar-refractivity contribution in [1.82, 2.24) is 9.29 Å². The summed E-state index contributed by atoms with van der Waals surface area (Å²) in [5, 5.41) is -0.0300. The molecule has 2 atom stereocenters. The fraction of sp³-hybridized carbons (Fsp3) is 0.462. The van der Waals surface area contributed by atoms with Gasteiger partial charge in [0.25, 0.3) is 0 Å². The molecule has 3 nitrogen and oxygen atoms in total. The van der Waals surface area contributed by atoms with Crippen LogP contribution in [0, 0.1) is 12.3 Å². The summed E-state index contributed by atoms with van der Waals surface area (Å²) in [6.45, 7) is 7.76. The highest BCUT2D eigenvalue weighted by Gasteiger charge is 2.48. The van der Waals surface area contributed by atoms with Crippen LogP contribution in [0.5, 0.6) is 0 Å². The molecule has 0 saturated heterocycles. The molecule has 0 radical (unpaired) electrons. The number of aromatic nitrogens is 1. The quantitative estimate of drug-likeness (QED) is 0.262. The molecule has 4 rings (SSSR count). The zero-order valence-corrected chi connectivity index (χ0v) is 21.2. The molecule has 0 bridgehead atoms. The number of aryl methyl sites for hydroxylation is 1. The number of alkyl halides is 6. The topological polar surface area (TPSA) is 40.0 Å². The van der Waals surface area contributed by atoms with Gasteiger partial charge in [0.15, 0.2) is 6.04 Å². The van der Waals surface area contributed by atoms with Crippen molar-refractivity contribution in [2.45, 2.75) is 70.7 Å². The first-order chi connectivity index (χ1) is 16.6. The van der Waals surface area contributed by atoms with Crippen molar-refractivity contribution in [3.63, 3.8) is 0 Å². The second kappa shape index (κ2) is 9.29. The molecule has 10 heteroatoms. The monoisotopic (exact) mass is 530 g/mol. The number of hydrogen-bond donors (Lipinski definition) is 1. The highest BCUT2D eigenvalue weighted by atomic mass is 32.2. The van der Waals surface area contributed by atoms with Crippen molar-refractivity contribution in [2.75, 3.05) is 0 Å². The van der Waals surface area contributed by atoms with Crippen molar-refractivity contribution < 1.29 is 30.9 Å². The van der Waals surface area contributed by atoms with E-state index >= 15 is 0 Å². The van der Waals surface area contributed by atoms with E-state index in [0.717, 1.165) is 6.07 Å². The molecule has 2 aromatic carbocycles. The molecular weight excluding hydrogens is 502 g/mol. The van der Waals surface area contributed by atoms with E-state index in [2.05, 4.69) is 4.72 Å². The average molecular weight is 531 g/mol. The molecule has 0 spiro atoms. The molecular formula is C26H28F6N2OS. The van der Waals surface area contributed by atoms with Gasteiger partial charge in [-0.2, -0.15) is 26.3 Å². The molecule has 1 saturated carbocycles. The van der Waals surface area contributed by atoms with E-state index in [9.17, 15) is 30.9 Å². The molecule has 0 aliphatic heterocycles. The molecule has 1 unspecified atom stereocenters. The van der Waals surface area contributed by atoms with Crippen molar-refractivity contribution in [2.24, 2.45) is 5.41 Å². The summed E-state index contributed by atoms with van der Waals surface area (Å²) < 4.78 is 100. The minimum atomic E-state index is -4.72. The highest BCUT2D eigenvalue weighted by Crippen LogP contribution is 2.44. The van der Waals surface area contributed by atoms with Gasteiger partial charge < -0.3 is 9.12 Å². The van der Waals surface area contributed by atoms with Crippen molar-refractivity contribution >= 4 is 22.3 Å². The van der Waals surface area contributed by atoms with Crippen LogP contribution in [0.2, 0.25) is 0 Å². The lowest BCUT2D eigenvalue weighted by Gasteiger charge is -2.22. The summed E-state index contributed by atoms with van der Waals surface area (Å²) in [5.41, 5.74) is -0.0754. The van der Waals surface area contributed by atoms with Crippen molar-refractivity contribution in [1.29, 1.82) is 0 Å². The summed E-state index contributed by atoms with van der Waals surface area (Å²) in [6, 6.07) is 5.89. The van der Waals surface area contributed by atoms with Crippen LogP contribution in [0.15, 0.2) is 42.6 Å². The van der Waals surface area contributed by atoms with Gasteiger partial charge in [-0.05, 0) is 35.1 Å². The van der Waals surface area contributed by atoms with E-state index in [1.54, 1.807) is 11.5 Å². The fourth-order valence-electron chi connectivity index (χ4n) is 4.53. The van der Waals surface area contributed by atoms with E-state index in [0.29, 0.717) is 36.0 Å². The lowest BCUT2D eigenvalue weighted by molar-refractivity contribution is -0.152. The first-order valence-corrected chi connectivity index (χ1v) is 12.8. The summed E-state index contributed by atoms with van der Waals surface area (Å²) >= 11 is -1.85. The van der Waals surface area contributed by atoms with E-state index in [1.807, 2.05) is 20.8 Å². The van der Waals surface area contributed by atoms with Gasteiger partial charge in [-0.1, -0.05) is 51.1 Å². The molecule has 1 aromatic heterocycles. The largest absolute Gasteiger partial charge is 0.598 e. The SMILES string of the molecule is Cc1c(-c2ccccc2C(F)(F)F)ccc2c([C@H](N[S+]([O-])C3CC3)C(F)(F)F)cn(CC(C)(C)C)c12. The Morgan fingerprint density at radius 2 is 1.64 bits per heavy atom. The normalized spacial score (nSPS) is 17.0. The molecule has 1 aliphatic rings. The van der Waals surface area contributed by atoms with E-state index < -0.39 is 35.3 Å². The molecule has 1 fully saturated rings. The molecule has 1 heterocycles. The number of fused-ring (bicyclic) bond motifs is 1. The predicted molar refractivity (Wildman–Crippen MR) is 130 cm³/mol. The van der Waals surface area contributed by atoms with Crippen molar-refractivity contribution in [3.8, 4) is 11.1 Å². The maximum absolute atomic E-state index is 14.2. The number of benzene rings is 2. The molecule has 196 valence electrons. The highest BCUT2D eigenvalue weighted by molar-refractivity contribution is 7.90. The molecule has 36 heavy (non-hydrogen) atoms. The van der Waals surface area contributed by atoms with Crippen molar-refractivity contribution in [3.05, 3.63) is 59.3 Å². The second-order valence-electron chi connectivity index (χ2n) is 10.5. The number of halogens is 6. The smallest absolute Gasteiger partial charge is 0.417 e. The Bertz CT molecular complexity index is 1250. The van der Waals surface area contributed by atoms with Gasteiger partial charge in [-0.15, -0.1) is 4.72 Å². The van der Waals surface area contributed by atoms with Crippen LogP contribution in [0.3, 0.4) is 0 Å². The Hall–Kier alpha value is -2.17. The number of rotatable bonds is 6. The summed E-state index contributed by atoms with van der Waals surface area (Å²) in [6.07, 6.45) is -6.69. The van der Waals surface area contributed by atoms with Crippen LogP contribution in [0.4, 0.5) is 26.3 Å². The van der Waals surface area contributed by atoms with Gasteiger partial charge in [0, 0.05) is 47.9 Å². The van der Waals surface area contributed by atoms with E-state index in [4.69, 9.17) is 0 Å². The number of nitrogens with zero attached hydrogens (tertiary/aromatic N) is 1. The van der Waals surface area contributed by atoms with Gasteiger partial charge in [0.1, 0.15) is 5.25 Å². The third-order valence-electron chi connectivity index (χ3n) is 6.19. The standard InChI is InChI=1S/C26H28F6N2OS/c1-15-17(18-7-5-6-8-21(18)25(27,28)29)11-12-19-20(13-34(22(15)19)14-24(2,3)4)23(26(30,31)32)33-36(35)16-9-10-16/h5-8,11-13,16,23,33H,9-10,14H2,1-4H3/t23-,36?/m0/s1. The minimum Gasteiger partial charge on any atom is -0.598 e. The van der Waals surface area contributed by atoms with Gasteiger partial charge in [-0.3, -0.25) is 0 Å². The lowest BCUT2D eigenvalue weighted by atomic mass is 9.92. The van der Waals surface area contributed by atoms with Gasteiger partial charge >= 0.3 is 12.4 Å². The van der Waals surface area contributed by atoms with E-state index in [1.165, 1.54) is 36.5 Å². The van der Waals surface area contributed by atoms with Crippen LogP contribution in [-0.4, -0.2) is 20.5 Å². The molecule has 1 N–H and O–H groups in total. The minimum absolute atomic E-state index is 0.0326. The van der Waals surface area contributed by atoms with Gasteiger partial charge in [0.05, 0.1) is 11.1 Å². The fourth-order valence-corrected chi connectivity index (χ4v) is 5.78.